The van der Waals surface area contributed by atoms with Crippen molar-refractivity contribution in [3.05, 3.63) is 77.4 Å². The Morgan fingerprint density at radius 1 is 0.618 bits per heavy atom. The standard InChI is InChI=1S/C47H72N4O3S/c1-7-9-11-12-13-14-15-16-17-18-19-20-21-22-23-27-35-48-55(53,54)40-32-30-38(31-33-40)47(5,6)41-36-39(46(3,4)34-26-10-8-2)37-44(45(41)52)51-49-42-28-24-25-29-43(42)50-51/h24-25,28-33,36-37,48,52H,7-23,26-27,34-35H2,1-6H3. The van der Waals surface area contributed by atoms with Gasteiger partial charge in [-0.1, -0.05) is 187 Å². The van der Waals surface area contributed by atoms with E-state index in [4.69, 9.17) is 10.2 Å². The van der Waals surface area contributed by atoms with Gasteiger partial charge in [0, 0.05) is 17.5 Å². The van der Waals surface area contributed by atoms with E-state index in [0.29, 0.717) is 12.2 Å². The van der Waals surface area contributed by atoms with Crippen molar-refractivity contribution >= 4 is 21.1 Å². The van der Waals surface area contributed by atoms with Gasteiger partial charge in [0.2, 0.25) is 10.0 Å². The van der Waals surface area contributed by atoms with E-state index in [1.165, 1.54) is 89.9 Å². The molecule has 0 radical (unpaired) electrons. The molecule has 0 amide bonds. The Labute approximate surface area is 334 Å². The molecule has 1 heterocycles. The summed E-state index contributed by atoms with van der Waals surface area (Å²) in [4.78, 5) is 1.80. The van der Waals surface area contributed by atoms with Gasteiger partial charge in [0.15, 0.2) is 0 Å². The Bertz CT molecular complexity index is 1800. The second kappa shape index (κ2) is 21.9. The molecule has 0 saturated carbocycles. The normalized spacial score (nSPS) is 12.5. The number of hydrogen-bond acceptors (Lipinski definition) is 5. The van der Waals surface area contributed by atoms with Crippen LogP contribution in [0.3, 0.4) is 0 Å². The van der Waals surface area contributed by atoms with Gasteiger partial charge in [-0.15, -0.1) is 15.0 Å². The van der Waals surface area contributed by atoms with E-state index in [2.05, 4.69) is 52.3 Å². The molecule has 4 aromatic rings. The number of hydrogen-bond donors (Lipinski definition) is 2. The first kappa shape index (κ1) is 44.5. The van der Waals surface area contributed by atoms with Gasteiger partial charge in [0.1, 0.15) is 22.5 Å². The fourth-order valence-corrected chi connectivity index (χ4v) is 8.81. The van der Waals surface area contributed by atoms with E-state index in [0.717, 1.165) is 66.2 Å². The first-order chi connectivity index (χ1) is 26.4. The summed E-state index contributed by atoms with van der Waals surface area (Å²) in [5.41, 5.74) is 4.03. The zero-order valence-electron chi connectivity index (χ0n) is 35.1. The summed E-state index contributed by atoms with van der Waals surface area (Å²) in [6, 6.07) is 19.0. The lowest BCUT2D eigenvalue weighted by atomic mass is 9.73. The highest BCUT2D eigenvalue weighted by molar-refractivity contribution is 7.89. The molecular weight excluding hydrogens is 701 g/mol. The van der Waals surface area contributed by atoms with E-state index in [-0.39, 0.29) is 16.1 Å². The van der Waals surface area contributed by atoms with Gasteiger partial charge in [-0.2, -0.15) is 0 Å². The first-order valence-electron chi connectivity index (χ1n) is 21.7. The zero-order chi connectivity index (χ0) is 39.7. The average Bonchev–Trinajstić information content (AvgIpc) is 3.60. The van der Waals surface area contributed by atoms with Crippen molar-refractivity contribution < 1.29 is 13.5 Å². The molecule has 8 heteroatoms. The van der Waals surface area contributed by atoms with Gasteiger partial charge in [-0.3, -0.25) is 0 Å². The van der Waals surface area contributed by atoms with Crippen molar-refractivity contribution in [2.24, 2.45) is 0 Å². The van der Waals surface area contributed by atoms with Crippen molar-refractivity contribution in [1.29, 1.82) is 0 Å². The van der Waals surface area contributed by atoms with Crippen LogP contribution in [0.15, 0.2) is 65.6 Å². The summed E-state index contributed by atoms with van der Waals surface area (Å²) in [5, 5.41) is 21.4. The summed E-state index contributed by atoms with van der Waals surface area (Å²) in [5.74, 6) is 0.121. The van der Waals surface area contributed by atoms with Crippen LogP contribution in [0.5, 0.6) is 5.75 Å². The molecule has 3 aromatic carbocycles. The van der Waals surface area contributed by atoms with E-state index in [1.54, 1.807) is 16.9 Å². The van der Waals surface area contributed by atoms with Crippen molar-refractivity contribution in [3.63, 3.8) is 0 Å². The largest absolute Gasteiger partial charge is 0.505 e. The maximum atomic E-state index is 13.2. The third-order valence-corrected chi connectivity index (χ3v) is 13.1. The molecule has 4 rings (SSSR count). The van der Waals surface area contributed by atoms with Gasteiger partial charge in [-0.05, 0) is 59.7 Å². The summed E-state index contributed by atoms with van der Waals surface area (Å²) >= 11 is 0. The number of nitrogens with one attached hydrogen (secondary N) is 1. The number of phenols is 1. The van der Waals surface area contributed by atoms with Crippen molar-refractivity contribution in [1.82, 2.24) is 19.7 Å². The van der Waals surface area contributed by atoms with E-state index < -0.39 is 15.4 Å². The van der Waals surface area contributed by atoms with E-state index >= 15 is 0 Å². The Balaban J connectivity index is 1.32. The Morgan fingerprint density at radius 3 is 1.60 bits per heavy atom. The number of aromatic hydroxyl groups is 1. The summed E-state index contributed by atoms with van der Waals surface area (Å²) in [6.45, 7) is 13.6. The van der Waals surface area contributed by atoms with E-state index in [1.807, 2.05) is 42.5 Å². The quantitative estimate of drug-likeness (QED) is 0.0588. The minimum Gasteiger partial charge on any atom is -0.505 e. The second-order valence-electron chi connectivity index (χ2n) is 17.1. The van der Waals surface area contributed by atoms with Crippen LogP contribution in [0.4, 0.5) is 0 Å². The number of fused-ring (bicyclic) bond motifs is 1. The molecule has 7 nitrogen and oxygen atoms in total. The van der Waals surface area contributed by atoms with Crippen LogP contribution in [-0.2, 0) is 20.9 Å². The Morgan fingerprint density at radius 2 is 1.09 bits per heavy atom. The maximum Gasteiger partial charge on any atom is 0.240 e. The van der Waals surface area contributed by atoms with Gasteiger partial charge >= 0.3 is 0 Å². The molecular formula is C47H72N4O3S. The molecule has 0 spiro atoms. The predicted molar refractivity (Wildman–Crippen MR) is 231 cm³/mol. The molecule has 0 aliphatic rings. The fraction of sp³-hybridized carbons (Fsp3) is 0.617. The Kier molecular flexibility index (Phi) is 17.7. The van der Waals surface area contributed by atoms with E-state index in [9.17, 15) is 13.5 Å². The SMILES string of the molecule is CCCCCCCCCCCCCCCCCCNS(=O)(=O)c1ccc(C(C)(C)c2cc(C(C)(C)CCCCC)cc(-n3nc4ccccc4n3)c2O)cc1. The minimum absolute atomic E-state index is 0.121. The number of phenolic OH excluding ortho intramolecular Hbond substituents is 1. The predicted octanol–water partition coefficient (Wildman–Crippen LogP) is 12.8. The lowest BCUT2D eigenvalue weighted by molar-refractivity contribution is 0.432. The molecule has 55 heavy (non-hydrogen) atoms. The summed E-state index contributed by atoms with van der Waals surface area (Å²) in [7, 11) is -3.63. The number of nitrogens with zero attached hydrogens (tertiary/aromatic N) is 3. The topological polar surface area (TPSA) is 97.1 Å². The van der Waals surface area contributed by atoms with Crippen molar-refractivity contribution in [2.75, 3.05) is 6.54 Å². The van der Waals surface area contributed by atoms with Crippen LogP contribution in [0, 0.1) is 0 Å². The molecule has 0 atom stereocenters. The van der Waals surface area contributed by atoms with Crippen molar-refractivity contribution in [2.45, 2.75) is 186 Å². The van der Waals surface area contributed by atoms with Crippen LogP contribution in [-0.4, -0.2) is 35.1 Å². The maximum absolute atomic E-state index is 13.2. The van der Waals surface area contributed by atoms with Gasteiger partial charge in [-0.25, -0.2) is 13.1 Å². The number of benzene rings is 3. The van der Waals surface area contributed by atoms with Crippen LogP contribution in [0.25, 0.3) is 16.7 Å². The highest BCUT2D eigenvalue weighted by Crippen LogP contribution is 2.43. The third-order valence-electron chi connectivity index (χ3n) is 11.7. The number of aromatic nitrogens is 3. The lowest BCUT2D eigenvalue weighted by Crippen LogP contribution is -2.25. The smallest absolute Gasteiger partial charge is 0.240 e. The fourth-order valence-electron chi connectivity index (χ4n) is 7.74. The molecule has 0 saturated heterocycles. The van der Waals surface area contributed by atoms with Crippen molar-refractivity contribution in [3.8, 4) is 11.4 Å². The third kappa shape index (κ3) is 13.2. The van der Waals surface area contributed by atoms with Crippen LogP contribution < -0.4 is 4.72 Å². The highest BCUT2D eigenvalue weighted by Gasteiger charge is 2.32. The second-order valence-corrected chi connectivity index (χ2v) is 18.8. The van der Waals surface area contributed by atoms with Gasteiger partial charge < -0.3 is 5.11 Å². The molecule has 0 aliphatic heterocycles. The molecule has 0 fully saturated rings. The molecule has 0 bridgehead atoms. The van der Waals surface area contributed by atoms with Crippen LogP contribution >= 0.6 is 0 Å². The minimum atomic E-state index is -3.63. The number of unbranched alkanes of at least 4 members (excludes halogenated alkanes) is 17. The lowest BCUT2D eigenvalue weighted by Gasteiger charge is -2.32. The Hall–Kier alpha value is -3.23. The summed E-state index contributed by atoms with van der Waals surface area (Å²) < 4.78 is 29.3. The monoisotopic (exact) mass is 773 g/mol. The average molecular weight is 773 g/mol. The zero-order valence-corrected chi connectivity index (χ0v) is 36.0. The van der Waals surface area contributed by atoms with Crippen LogP contribution in [0.1, 0.15) is 187 Å². The molecule has 1 aromatic heterocycles. The molecule has 2 N–H and O–H groups in total. The number of sulfonamides is 1. The molecule has 0 aliphatic carbocycles. The van der Waals surface area contributed by atoms with Gasteiger partial charge in [0.05, 0.1) is 4.90 Å². The number of rotatable bonds is 27. The van der Waals surface area contributed by atoms with Crippen LogP contribution in [0.2, 0.25) is 0 Å². The molecule has 304 valence electrons. The molecule has 0 unspecified atom stereocenters. The highest BCUT2D eigenvalue weighted by atomic mass is 32.2. The first-order valence-corrected chi connectivity index (χ1v) is 23.2. The summed E-state index contributed by atoms with van der Waals surface area (Å²) in [6.07, 6.45) is 25.1. The van der Waals surface area contributed by atoms with Gasteiger partial charge in [0.25, 0.3) is 0 Å².